The molecule has 8 nitrogen and oxygen atoms in total. The minimum atomic E-state index is -0.245. The zero-order valence-electron chi connectivity index (χ0n) is 16.6. The number of nitrogens with zero attached hydrogens (tertiary/aromatic N) is 2. The second kappa shape index (κ2) is 10.1. The van der Waals surface area contributed by atoms with Crippen molar-refractivity contribution in [3.63, 3.8) is 0 Å². The number of nitrogens with one attached hydrogen (secondary N) is 3. The molecule has 0 atom stereocenters. The van der Waals surface area contributed by atoms with Gasteiger partial charge in [-0.15, -0.1) is 0 Å². The molecule has 0 saturated carbocycles. The first-order valence-electron chi connectivity index (χ1n) is 9.51. The molecule has 0 unspecified atom stereocenters. The van der Waals surface area contributed by atoms with Crippen LogP contribution in [0.2, 0.25) is 0 Å². The molecule has 0 radical (unpaired) electrons. The second-order valence-corrected chi connectivity index (χ2v) is 6.37. The molecule has 0 aliphatic carbocycles. The molecule has 0 aliphatic rings. The van der Waals surface area contributed by atoms with Crippen LogP contribution >= 0.6 is 0 Å². The van der Waals surface area contributed by atoms with Crippen molar-refractivity contribution in [1.29, 1.82) is 0 Å². The number of amides is 1. The summed E-state index contributed by atoms with van der Waals surface area (Å²) in [5.74, 6) is 1.26. The number of guanidine groups is 1. The number of carbonyl (C=O) groups excluding carboxylic acids is 1. The van der Waals surface area contributed by atoms with Crippen LogP contribution < -0.4 is 16.0 Å². The van der Waals surface area contributed by atoms with Gasteiger partial charge >= 0.3 is 0 Å². The largest absolute Gasteiger partial charge is 0.459 e. The Kier molecular flexibility index (Phi) is 7.05. The predicted molar refractivity (Wildman–Crippen MR) is 111 cm³/mol. The van der Waals surface area contributed by atoms with Gasteiger partial charge < -0.3 is 24.8 Å². The lowest BCUT2D eigenvalue weighted by Crippen LogP contribution is -2.41. The number of benzene rings is 1. The lowest BCUT2D eigenvalue weighted by atomic mass is 10.1. The van der Waals surface area contributed by atoms with Gasteiger partial charge in [-0.05, 0) is 38.1 Å². The fourth-order valence-electron chi connectivity index (χ4n) is 2.56. The number of oxazole rings is 1. The van der Waals surface area contributed by atoms with Gasteiger partial charge in [-0.25, -0.2) is 9.98 Å². The van der Waals surface area contributed by atoms with Crippen LogP contribution in [0.25, 0.3) is 11.5 Å². The van der Waals surface area contributed by atoms with Gasteiger partial charge in [-0.1, -0.05) is 17.7 Å². The second-order valence-electron chi connectivity index (χ2n) is 6.37. The lowest BCUT2D eigenvalue weighted by molar-refractivity contribution is 0.0926. The van der Waals surface area contributed by atoms with Crippen LogP contribution in [0.15, 0.2) is 62.8 Å². The molecule has 2 aromatic heterocycles. The molecule has 0 fully saturated rings. The van der Waals surface area contributed by atoms with Crippen LogP contribution in [0.3, 0.4) is 0 Å². The summed E-state index contributed by atoms with van der Waals surface area (Å²) in [4.78, 5) is 20.8. The number of hydrogen-bond acceptors (Lipinski definition) is 5. The Bertz CT molecular complexity index is 930. The highest BCUT2D eigenvalue weighted by Crippen LogP contribution is 2.19. The van der Waals surface area contributed by atoms with Gasteiger partial charge in [0.05, 0.1) is 12.8 Å². The van der Waals surface area contributed by atoms with Crippen molar-refractivity contribution < 1.29 is 13.6 Å². The minimum absolute atomic E-state index is 0.245. The molecule has 2 heterocycles. The van der Waals surface area contributed by atoms with E-state index in [1.54, 1.807) is 18.4 Å². The number of aliphatic imine (C=N–C) groups is 1. The van der Waals surface area contributed by atoms with Crippen LogP contribution in [0.1, 0.15) is 28.7 Å². The van der Waals surface area contributed by atoms with Crippen molar-refractivity contribution in [2.75, 3.05) is 19.6 Å². The zero-order valence-corrected chi connectivity index (χ0v) is 16.6. The summed E-state index contributed by atoms with van der Waals surface area (Å²) in [6, 6.07) is 11.3. The van der Waals surface area contributed by atoms with Crippen LogP contribution in [0, 0.1) is 6.92 Å². The van der Waals surface area contributed by atoms with Crippen molar-refractivity contribution >= 4 is 11.9 Å². The summed E-state index contributed by atoms with van der Waals surface area (Å²) in [5.41, 5.74) is 2.86. The van der Waals surface area contributed by atoms with Crippen molar-refractivity contribution in [2.45, 2.75) is 20.4 Å². The summed E-state index contributed by atoms with van der Waals surface area (Å²) in [6.07, 6.45) is 3.09. The van der Waals surface area contributed by atoms with Crippen LogP contribution in [-0.4, -0.2) is 36.5 Å². The van der Waals surface area contributed by atoms with Gasteiger partial charge in [0.25, 0.3) is 5.91 Å². The third kappa shape index (κ3) is 5.97. The molecule has 0 aliphatic heterocycles. The number of aromatic nitrogens is 1. The Morgan fingerprint density at radius 3 is 2.59 bits per heavy atom. The Labute approximate surface area is 169 Å². The Balaban J connectivity index is 1.50. The van der Waals surface area contributed by atoms with E-state index in [2.05, 4.69) is 25.9 Å². The smallest absolute Gasteiger partial charge is 0.287 e. The van der Waals surface area contributed by atoms with Gasteiger partial charge in [-0.3, -0.25) is 4.79 Å². The average Bonchev–Trinajstić information content (AvgIpc) is 3.42. The van der Waals surface area contributed by atoms with Crippen molar-refractivity contribution in [1.82, 2.24) is 20.9 Å². The van der Waals surface area contributed by atoms with E-state index in [1.165, 1.54) is 11.8 Å². The summed E-state index contributed by atoms with van der Waals surface area (Å²) < 4.78 is 10.6. The van der Waals surface area contributed by atoms with Gasteiger partial charge in [-0.2, -0.15) is 0 Å². The molecule has 1 amide bonds. The van der Waals surface area contributed by atoms with E-state index in [0.717, 1.165) is 17.8 Å². The number of hydrogen-bond donors (Lipinski definition) is 3. The minimum Gasteiger partial charge on any atom is -0.459 e. The summed E-state index contributed by atoms with van der Waals surface area (Å²) >= 11 is 0. The Morgan fingerprint density at radius 2 is 1.86 bits per heavy atom. The maximum atomic E-state index is 11.8. The highest BCUT2D eigenvalue weighted by molar-refractivity contribution is 5.91. The van der Waals surface area contributed by atoms with Gasteiger partial charge in [0.2, 0.25) is 5.89 Å². The molecule has 8 heteroatoms. The first-order valence-corrected chi connectivity index (χ1v) is 9.51. The van der Waals surface area contributed by atoms with Crippen LogP contribution in [0.5, 0.6) is 0 Å². The average molecular weight is 395 g/mol. The molecule has 0 saturated heterocycles. The van der Waals surface area contributed by atoms with E-state index < -0.39 is 0 Å². The van der Waals surface area contributed by atoms with Crippen molar-refractivity contribution in [2.24, 2.45) is 4.99 Å². The zero-order chi connectivity index (χ0) is 20.5. The SMILES string of the molecule is CCNC(=NCc1coc(-c2ccc(C)cc2)n1)NCCNC(=O)c1ccco1. The predicted octanol–water partition coefficient (Wildman–Crippen LogP) is 2.73. The van der Waals surface area contributed by atoms with E-state index in [4.69, 9.17) is 8.83 Å². The lowest BCUT2D eigenvalue weighted by Gasteiger charge is -2.11. The number of rotatable bonds is 8. The Morgan fingerprint density at radius 1 is 1.07 bits per heavy atom. The molecule has 29 heavy (non-hydrogen) atoms. The first-order chi connectivity index (χ1) is 14.2. The van der Waals surface area contributed by atoms with E-state index in [9.17, 15) is 4.79 Å². The maximum absolute atomic E-state index is 11.8. The van der Waals surface area contributed by atoms with E-state index >= 15 is 0 Å². The monoisotopic (exact) mass is 395 g/mol. The molecule has 1 aromatic carbocycles. The number of aryl methyl sites for hydroxylation is 1. The van der Waals surface area contributed by atoms with Crippen LogP contribution in [-0.2, 0) is 6.54 Å². The Hall–Kier alpha value is -3.55. The standard InChI is InChI=1S/C21H25N5O3/c1-3-22-21(24-11-10-23-19(27)18-5-4-12-28-18)25-13-17-14-29-20(26-17)16-8-6-15(2)7-9-16/h4-9,12,14H,3,10-11,13H2,1-2H3,(H,23,27)(H2,22,24,25). The third-order valence-corrected chi connectivity index (χ3v) is 4.04. The molecule has 0 spiro atoms. The quantitative estimate of drug-likeness (QED) is 0.308. The summed E-state index contributed by atoms with van der Waals surface area (Å²) in [6.45, 7) is 6.08. The molecule has 0 bridgehead atoms. The van der Waals surface area contributed by atoms with Crippen LogP contribution in [0.4, 0.5) is 0 Å². The fraction of sp³-hybridized carbons (Fsp3) is 0.286. The normalized spacial score (nSPS) is 11.3. The fourth-order valence-corrected chi connectivity index (χ4v) is 2.56. The number of furan rings is 1. The highest BCUT2D eigenvalue weighted by Gasteiger charge is 2.08. The van der Waals surface area contributed by atoms with Gasteiger partial charge in [0.1, 0.15) is 12.0 Å². The topological polar surface area (TPSA) is 105 Å². The van der Waals surface area contributed by atoms with E-state index in [-0.39, 0.29) is 5.91 Å². The molecule has 152 valence electrons. The van der Waals surface area contributed by atoms with Crippen molar-refractivity contribution in [3.8, 4) is 11.5 Å². The maximum Gasteiger partial charge on any atom is 0.287 e. The first kappa shape index (κ1) is 20.2. The summed E-state index contributed by atoms with van der Waals surface area (Å²) in [7, 11) is 0. The molecule has 3 N–H and O–H groups in total. The molecular weight excluding hydrogens is 370 g/mol. The van der Waals surface area contributed by atoms with Gasteiger partial charge in [0, 0.05) is 25.2 Å². The van der Waals surface area contributed by atoms with E-state index in [0.29, 0.717) is 37.2 Å². The number of carbonyl (C=O) groups is 1. The van der Waals surface area contributed by atoms with Gasteiger partial charge in [0.15, 0.2) is 11.7 Å². The van der Waals surface area contributed by atoms with E-state index in [1.807, 2.05) is 38.1 Å². The van der Waals surface area contributed by atoms with Crippen molar-refractivity contribution in [3.05, 3.63) is 65.9 Å². The highest BCUT2D eigenvalue weighted by atomic mass is 16.3. The molecule has 3 rings (SSSR count). The molecule has 3 aromatic rings. The molecular formula is C21H25N5O3. The third-order valence-electron chi connectivity index (χ3n) is 4.04. The summed E-state index contributed by atoms with van der Waals surface area (Å²) in [5, 5.41) is 9.11.